The number of nitrogens with one attached hydrogen (secondary N) is 1. The highest BCUT2D eigenvalue weighted by molar-refractivity contribution is 7.14. The monoisotopic (exact) mass is 267 g/mol. The SMILES string of the molecule is CCc1ccc(C(=O)Nc2ccnc(Cl)n2)s1. The van der Waals surface area contributed by atoms with Gasteiger partial charge in [-0.1, -0.05) is 6.92 Å². The minimum atomic E-state index is -0.176. The molecule has 4 nitrogen and oxygen atoms in total. The summed E-state index contributed by atoms with van der Waals surface area (Å²) in [6, 6.07) is 5.35. The molecule has 2 aromatic rings. The summed E-state index contributed by atoms with van der Waals surface area (Å²) in [5.74, 6) is 0.228. The van der Waals surface area contributed by atoms with Gasteiger partial charge in [0, 0.05) is 11.1 Å². The van der Waals surface area contributed by atoms with E-state index in [0.717, 1.165) is 6.42 Å². The van der Waals surface area contributed by atoms with Crippen molar-refractivity contribution in [1.82, 2.24) is 9.97 Å². The van der Waals surface area contributed by atoms with E-state index in [9.17, 15) is 4.79 Å². The number of thiophene rings is 1. The quantitative estimate of drug-likeness (QED) is 0.870. The second-order valence-electron chi connectivity index (χ2n) is 3.28. The van der Waals surface area contributed by atoms with Crippen molar-refractivity contribution in [1.29, 1.82) is 0 Å². The molecule has 0 aliphatic rings. The fourth-order valence-electron chi connectivity index (χ4n) is 1.27. The van der Waals surface area contributed by atoms with E-state index >= 15 is 0 Å². The van der Waals surface area contributed by atoms with Gasteiger partial charge in [0.1, 0.15) is 5.82 Å². The lowest BCUT2D eigenvalue weighted by molar-refractivity contribution is 0.103. The Morgan fingerprint density at radius 1 is 1.47 bits per heavy atom. The first-order chi connectivity index (χ1) is 8.19. The first-order valence-corrected chi connectivity index (χ1v) is 6.27. The lowest BCUT2D eigenvalue weighted by atomic mass is 10.3. The molecule has 0 aliphatic heterocycles. The van der Waals surface area contributed by atoms with Gasteiger partial charge in [0.2, 0.25) is 5.28 Å². The average molecular weight is 268 g/mol. The molecule has 0 fully saturated rings. The molecule has 0 atom stereocenters. The molecule has 1 N–H and O–H groups in total. The Hall–Kier alpha value is -1.46. The minimum Gasteiger partial charge on any atom is -0.306 e. The third-order valence-electron chi connectivity index (χ3n) is 2.10. The van der Waals surface area contributed by atoms with E-state index in [4.69, 9.17) is 11.6 Å². The number of anilines is 1. The van der Waals surface area contributed by atoms with Gasteiger partial charge in [-0.25, -0.2) is 9.97 Å². The molecule has 1 amide bonds. The van der Waals surface area contributed by atoms with E-state index in [-0.39, 0.29) is 11.2 Å². The molecule has 0 spiro atoms. The smallest absolute Gasteiger partial charge is 0.266 e. The number of nitrogens with zero attached hydrogens (tertiary/aromatic N) is 2. The zero-order chi connectivity index (χ0) is 12.3. The fraction of sp³-hybridized carbons (Fsp3) is 0.182. The van der Waals surface area contributed by atoms with Gasteiger partial charge in [-0.15, -0.1) is 11.3 Å². The zero-order valence-corrected chi connectivity index (χ0v) is 10.7. The third-order valence-corrected chi connectivity index (χ3v) is 3.51. The van der Waals surface area contributed by atoms with Gasteiger partial charge in [-0.2, -0.15) is 0 Å². The molecule has 0 bridgehead atoms. The second kappa shape index (κ2) is 5.25. The fourth-order valence-corrected chi connectivity index (χ4v) is 2.26. The van der Waals surface area contributed by atoms with Crippen molar-refractivity contribution < 1.29 is 4.79 Å². The molecule has 0 unspecified atom stereocenters. The van der Waals surface area contributed by atoms with Gasteiger partial charge in [0.05, 0.1) is 4.88 Å². The van der Waals surface area contributed by atoms with Crippen LogP contribution in [0.3, 0.4) is 0 Å². The van der Waals surface area contributed by atoms with Gasteiger partial charge < -0.3 is 5.32 Å². The topological polar surface area (TPSA) is 54.9 Å². The molecule has 2 rings (SSSR count). The molecular weight excluding hydrogens is 258 g/mol. The van der Waals surface area contributed by atoms with Crippen LogP contribution in [0.2, 0.25) is 5.28 Å². The second-order valence-corrected chi connectivity index (χ2v) is 4.79. The Balaban J connectivity index is 2.11. The molecule has 2 heterocycles. The summed E-state index contributed by atoms with van der Waals surface area (Å²) in [4.78, 5) is 21.3. The van der Waals surface area contributed by atoms with Crippen molar-refractivity contribution in [3.8, 4) is 0 Å². The molecular formula is C11H10ClN3OS. The Morgan fingerprint density at radius 3 is 2.94 bits per heavy atom. The highest BCUT2D eigenvalue weighted by Gasteiger charge is 2.09. The molecule has 2 aromatic heterocycles. The number of rotatable bonds is 3. The van der Waals surface area contributed by atoms with E-state index in [1.165, 1.54) is 22.4 Å². The van der Waals surface area contributed by atoms with Gasteiger partial charge >= 0.3 is 0 Å². The Kier molecular flexibility index (Phi) is 3.71. The van der Waals surface area contributed by atoms with Crippen LogP contribution in [0.5, 0.6) is 0 Å². The number of carbonyl (C=O) groups is 1. The van der Waals surface area contributed by atoms with E-state index in [0.29, 0.717) is 10.7 Å². The number of carbonyl (C=O) groups excluding carboxylic acids is 1. The van der Waals surface area contributed by atoms with Crippen LogP contribution in [0.25, 0.3) is 0 Å². The highest BCUT2D eigenvalue weighted by atomic mass is 35.5. The summed E-state index contributed by atoms with van der Waals surface area (Å²) in [7, 11) is 0. The van der Waals surface area contributed by atoms with Crippen molar-refractivity contribution >= 4 is 34.7 Å². The van der Waals surface area contributed by atoms with Crippen molar-refractivity contribution in [3.05, 3.63) is 39.4 Å². The van der Waals surface area contributed by atoms with Crippen LogP contribution in [-0.4, -0.2) is 15.9 Å². The Labute approximate surface area is 108 Å². The summed E-state index contributed by atoms with van der Waals surface area (Å²) in [5, 5.41) is 2.79. The number of hydrogen-bond donors (Lipinski definition) is 1. The number of amides is 1. The summed E-state index contributed by atoms with van der Waals surface area (Å²) in [6.07, 6.45) is 2.42. The third kappa shape index (κ3) is 3.01. The maximum absolute atomic E-state index is 11.9. The van der Waals surface area contributed by atoms with Crippen molar-refractivity contribution in [2.45, 2.75) is 13.3 Å². The van der Waals surface area contributed by atoms with E-state index < -0.39 is 0 Å². The number of aromatic nitrogens is 2. The largest absolute Gasteiger partial charge is 0.306 e. The highest BCUT2D eigenvalue weighted by Crippen LogP contribution is 2.18. The molecule has 0 radical (unpaired) electrons. The molecule has 0 aliphatic carbocycles. The minimum absolute atomic E-state index is 0.114. The van der Waals surface area contributed by atoms with Crippen LogP contribution in [0.1, 0.15) is 21.5 Å². The van der Waals surface area contributed by atoms with E-state index in [2.05, 4.69) is 22.2 Å². The predicted octanol–water partition coefficient (Wildman–Crippen LogP) is 3.01. The molecule has 0 saturated carbocycles. The van der Waals surface area contributed by atoms with E-state index in [1.807, 2.05) is 12.1 Å². The molecule has 6 heteroatoms. The van der Waals surface area contributed by atoms with Gasteiger partial charge in [-0.3, -0.25) is 4.79 Å². The number of halogens is 1. The first-order valence-electron chi connectivity index (χ1n) is 5.07. The Bertz CT molecular complexity index is 541. The van der Waals surface area contributed by atoms with Crippen molar-refractivity contribution in [2.75, 3.05) is 5.32 Å². The summed E-state index contributed by atoms with van der Waals surface area (Å²) < 4.78 is 0. The van der Waals surface area contributed by atoms with Crippen LogP contribution in [0, 0.1) is 0 Å². The molecule has 0 saturated heterocycles. The van der Waals surface area contributed by atoms with E-state index in [1.54, 1.807) is 6.07 Å². The van der Waals surface area contributed by atoms with Crippen LogP contribution < -0.4 is 5.32 Å². The van der Waals surface area contributed by atoms with Crippen LogP contribution in [-0.2, 0) is 6.42 Å². The summed E-state index contributed by atoms with van der Waals surface area (Å²) in [5.41, 5.74) is 0. The van der Waals surface area contributed by atoms with Crippen molar-refractivity contribution in [3.63, 3.8) is 0 Å². The Morgan fingerprint density at radius 2 is 2.29 bits per heavy atom. The van der Waals surface area contributed by atoms with Gasteiger partial charge in [0.15, 0.2) is 0 Å². The van der Waals surface area contributed by atoms with Crippen LogP contribution >= 0.6 is 22.9 Å². The maximum atomic E-state index is 11.9. The van der Waals surface area contributed by atoms with Crippen LogP contribution in [0.4, 0.5) is 5.82 Å². The normalized spacial score (nSPS) is 10.2. The molecule has 17 heavy (non-hydrogen) atoms. The molecule has 88 valence electrons. The first kappa shape index (κ1) is 12.0. The summed E-state index contributed by atoms with van der Waals surface area (Å²) >= 11 is 7.11. The lowest BCUT2D eigenvalue weighted by Crippen LogP contribution is -2.11. The number of hydrogen-bond acceptors (Lipinski definition) is 4. The van der Waals surface area contributed by atoms with Crippen LogP contribution in [0.15, 0.2) is 24.4 Å². The maximum Gasteiger partial charge on any atom is 0.266 e. The lowest BCUT2D eigenvalue weighted by Gasteiger charge is -2.01. The number of aryl methyl sites for hydroxylation is 1. The standard InChI is InChI=1S/C11H10ClN3OS/c1-2-7-3-4-8(17-7)10(16)14-9-5-6-13-11(12)15-9/h3-6H,2H2,1H3,(H,13,14,15,16). The molecule has 0 aromatic carbocycles. The zero-order valence-electron chi connectivity index (χ0n) is 9.11. The predicted molar refractivity (Wildman–Crippen MR) is 68.7 cm³/mol. The van der Waals surface area contributed by atoms with Crippen molar-refractivity contribution in [2.24, 2.45) is 0 Å². The van der Waals surface area contributed by atoms with Gasteiger partial charge in [0.25, 0.3) is 5.91 Å². The van der Waals surface area contributed by atoms with Gasteiger partial charge in [-0.05, 0) is 36.2 Å². The summed E-state index contributed by atoms with van der Waals surface area (Å²) in [6.45, 7) is 2.05. The average Bonchev–Trinajstić information content (AvgIpc) is 2.77.